The first kappa shape index (κ1) is 6.66. The molecule has 0 saturated heterocycles. The van der Waals surface area contributed by atoms with E-state index in [4.69, 9.17) is 4.74 Å². The Balaban J connectivity index is 2.27. The molecule has 1 heterocycles. The van der Waals surface area contributed by atoms with Crippen molar-refractivity contribution in [3.8, 4) is 0 Å². The monoisotopic (exact) mass is 126 g/mol. The van der Waals surface area contributed by atoms with Crippen molar-refractivity contribution >= 4 is 0 Å². The van der Waals surface area contributed by atoms with Crippen molar-refractivity contribution in [2.24, 2.45) is 0 Å². The van der Waals surface area contributed by atoms with Gasteiger partial charge in [-0.15, -0.1) is 0 Å². The fourth-order valence-electron chi connectivity index (χ4n) is 1.06. The highest BCUT2D eigenvalue weighted by Crippen LogP contribution is 2.19. The van der Waals surface area contributed by atoms with Crippen LogP contribution in [0.2, 0.25) is 0 Å². The molecule has 1 nitrogen and oxygen atoms in total. The van der Waals surface area contributed by atoms with Gasteiger partial charge in [0.25, 0.3) is 0 Å². The maximum Gasteiger partial charge on any atom is 0.0989 e. The van der Waals surface area contributed by atoms with E-state index in [0.717, 1.165) is 12.8 Å². The minimum atomic E-state index is 0.437. The number of hydrogen-bond acceptors (Lipinski definition) is 1. The van der Waals surface area contributed by atoms with Gasteiger partial charge in [-0.2, -0.15) is 0 Å². The van der Waals surface area contributed by atoms with Crippen LogP contribution >= 0.6 is 0 Å². The molecule has 1 aliphatic rings. The number of rotatable bonds is 2. The SMILES string of the molecule is CCCC1=CCC(C)O1. The van der Waals surface area contributed by atoms with Crippen LogP contribution in [-0.4, -0.2) is 6.10 Å². The molecule has 1 atom stereocenters. The summed E-state index contributed by atoms with van der Waals surface area (Å²) in [4.78, 5) is 0. The first-order valence-corrected chi connectivity index (χ1v) is 3.68. The van der Waals surface area contributed by atoms with Crippen molar-refractivity contribution in [1.82, 2.24) is 0 Å². The van der Waals surface area contributed by atoms with Gasteiger partial charge in [-0.1, -0.05) is 6.92 Å². The smallest absolute Gasteiger partial charge is 0.0989 e. The minimum absolute atomic E-state index is 0.437. The fourth-order valence-corrected chi connectivity index (χ4v) is 1.06. The third kappa shape index (κ3) is 1.74. The van der Waals surface area contributed by atoms with Crippen molar-refractivity contribution in [2.75, 3.05) is 0 Å². The van der Waals surface area contributed by atoms with Crippen LogP contribution in [0.5, 0.6) is 0 Å². The molecule has 0 saturated carbocycles. The Hall–Kier alpha value is -0.460. The highest BCUT2D eigenvalue weighted by Gasteiger charge is 2.10. The van der Waals surface area contributed by atoms with Crippen LogP contribution in [0.3, 0.4) is 0 Å². The van der Waals surface area contributed by atoms with Gasteiger partial charge in [0, 0.05) is 12.8 Å². The maximum absolute atomic E-state index is 5.46. The zero-order chi connectivity index (χ0) is 6.69. The Bertz CT molecular complexity index is 116. The molecule has 0 aliphatic carbocycles. The summed E-state index contributed by atoms with van der Waals surface area (Å²) >= 11 is 0. The molecule has 0 N–H and O–H groups in total. The molecule has 0 aromatic rings. The number of ether oxygens (including phenoxy) is 1. The van der Waals surface area contributed by atoms with Crippen LogP contribution in [0.15, 0.2) is 11.8 Å². The van der Waals surface area contributed by atoms with E-state index < -0.39 is 0 Å². The summed E-state index contributed by atoms with van der Waals surface area (Å²) in [6, 6.07) is 0. The maximum atomic E-state index is 5.46. The van der Waals surface area contributed by atoms with Crippen LogP contribution in [0.1, 0.15) is 33.1 Å². The molecule has 0 amide bonds. The van der Waals surface area contributed by atoms with E-state index >= 15 is 0 Å². The molecule has 0 aromatic heterocycles. The van der Waals surface area contributed by atoms with Gasteiger partial charge in [-0.25, -0.2) is 0 Å². The van der Waals surface area contributed by atoms with Crippen molar-refractivity contribution in [3.05, 3.63) is 11.8 Å². The lowest BCUT2D eigenvalue weighted by Crippen LogP contribution is -1.97. The predicted octanol–water partition coefficient (Wildman–Crippen LogP) is 2.48. The van der Waals surface area contributed by atoms with Crippen molar-refractivity contribution in [2.45, 2.75) is 39.2 Å². The summed E-state index contributed by atoms with van der Waals surface area (Å²) in [5.74, 6) is 1.20. The third-order valence-corrected chi connectivity index (χ3v) is 1.53. The highest BCUT2D eigenvalue weighted by atomic mass is 16.5. The van der Waals surface area contributed by atoms with Gasteiger partial charge in [0.2, 0.25) is 0 Å². The average Bonchev–Trinajstić information content (AvgIpc) is 2.17. The van der Waals surface area contributed by atoms with Gasteiger partial charge in [0.05, 0.1) is 11.9 Å². The van der Waals surface area contributed by atoms with Crippen LogP contribution in [0.4, 0.5) is 0 Å². The van der Waals surface area contributed by atoms with E-state index in [1.165, 1.54) is 12.2 Å². The van der Waals surface area contributed by atoms with E-state index in [2.05, 4.69) is 19.9 Å². The molecule has 0 spiro atoms. The molecule has 0 fully saturated rings. The van der Waals surface area contributed by atoms with E-state index in [9.17, 15) is 0 Å². The minimum Gasteiger partial charge on any atom is -0.495 e. The molecular weight excluding hydrogens is 112 g/mol. The lowest BCUT2D eigenvalue weighted by Gasteiger charge is -2.05. The quantitative estimate of drug-likeness (QED) is 0.552. The van der Waals surface area contributed by atoms with Gasteiger partial charge in [-0.05, 0) is 19.4 Å². The normalized spacial score (nSPS) is 25.6. The van der Waals surface area contributed by atoms with Gasteiger partial charge in [0.1, 0.15) is 0 Å². The Morgan fingerprint density at radius 3 is 3.00 bits per heavy atom. The van der Waals surface area contributed by atoms with Gasteiger partial charge >= 0.3 is 0 Å². The summed E-state index contributed by atoms with van der Waals surface area (Å²) in [6.07, 6.45) is 6.05. The zero-order valence-corrected chi connectivity index (χ0v) is 6.18. The molecule has 0 bridgehead atoms. The molecule has 0 radical (unpaired) electrons. The van der Waals surface area contributed by atoms with Crippen LogP contribution < -0.4 is 0 Å². The van der Waals surface area contributed by atoms with Gasteiger partial charge in [-0.3, -0.25) is 0 Å². The van der Waals surface area contributed by atoms with E-state index in [-0.39, 0.29) is 0 Å². The number of hydrogen-bond donors (Lipinski definition) is 0. The fraction of sp³-hybridized carbons (Fsp3) is 0.750. The first-order valence-electron chi connectivity index (χ1n) is 3.68. The summed E-state index contributed by atoms with van der Waals surface area (Å²) in [5, 5.41) is 0. The van der Waals surface area contributed by atoms with Crippen molar-refractivity contribution in [1.29, 1.82) is 0 Å². The topological polar surface area (TPSA) is 9.23 Å². The second-order valence-electron chi connectivity index (χ2n) is 2.58. The Morgan fingerprint density at radius 2 is 2.56 bits per heavy atom. The third-order valence-electron chi connectivity index (χ3n) is 1.53. The lowest BCUT2D eigenvalue weighted by molar-refractivity contribution is 0.152. The van der Waals surface area contributed by atoms with Crippen LogP contribution in [0, 0.1) is 0 Å². The Labute approximate surface area is 56.7 Å². The molecular formula is C8H14O. The van der Waals surface area contributed by atoms with Gasteiger partial charge in [0.15, 0.2) is 0 Å². The molecule has 9 heavy (non-hydrogen) atoms. The van der Waals surface area contributed by atoms with Crippen molar-refractivity contribution in [3.63, 3.8) is 0 Å². The molecule has 1 rings (SSSR count). The van der Waals surface area contributed by atoms with E-state index in [1.54, 1.807) is 0 Å². The molecule has 1 aliphatic heterocycles. The standard InChI is InChI=1S/C8H14O/c1-3-4-8-6-5-7(2)9-8/h6-7H,3-5H2,1-2H3. The first-order chi connectivity index (χ1) is 4.33. The summed E-state index contributed by atoms with van der Waals surface area (Å²) in [6.45, 7) is 4.28. The van der Waals surface area contributed by atoms with Gasteiger partial charge < -0.3 is 4.74 Å². The van der Waals surface area contributed by atoms with Crippen LogP contribution in [0.25, 0.3) is 0 Å². The second-order valence-corrected chi connectivity index (χ2v) is 2.58. The predicted molar refractivity (Wildman–Crippen MR) is 38.2 cm³/mol. The van der Waals surface area contributed by atoms with E-state index in [0.29, 0.717) is 6.10 Å². The second kappa shape index (κ2) is 2.90. The largest absolute Gasteiger partial charge is 0.495 e. The summed E-state index contributed by atoms with van der Waals surface area (Å²) < 4.78 is 5.46. The Morgan fingerprint density at radius 1 is 1.78 bits per heavy atom. The molecule has 1 unspecified atom stereocenters. The van der Waals surface area contributed by atoms with Crippen LogP contribution in [-0.2, 0) is 4.74 Å². The number of allylic oxidation sites excluding steroid dienone is 1. The van der Waals surface area contributed by atoms with Crippen molar-refractivity contribution < 1.29 is 4.74 Å². The molecule has 0 aromatic carbocycles. The highest BCUT2D eigenvalue weighted by molar-refractivity contribution is 4.99. The summed E-state index contributed by atoms with van der Waals surface area (Å²) in [5.41, 5.74) is 0. The molecule has 1 heteroatoms. The van der Waals surface area contributed by atoms with E-state index in [1.807, 2.05) is 0 Å². The lowest BCUT2D eigenvalue weighted by atomic mass is 10.2. The Kier molecular flexibility index (Phi) is 2.15. The molecule has 52 valence electrons. The average molecular weight is 126 g/mol. The zero-order valence-electron chi connectivity index (χ0n) is 6.18. The summed E-state index contributed by atoms with van der Waals surface area (Å²) in [7, 11) is 0.